The van der Waals surface area contributed by atoms with Crippen LogP contribution in [-0.2, 0) is 29.0 Å². The van der Waals surface area contributed by atoms with Gasteiger partial charge in [0.15, 0.2) is 11.5 Å². The molecule has 2 aromatic carbocycles. The van der Waals surface area contributed by atoms with Crippen molar-refractivity contribution in [2.24, 2.45) is 5.16 Å². The predicted molar refractivity (Wildman–Crippen MR) is 117 cm³/mol. The van der Waals surface area contributed by atoms with E-state index in [1.165, 1.54) is 5.69 Å². The van der Waals surface area contributed by atoms with Gasteiger partial charge < -0.3 is 28.9 Å². The Labute approximate surface area is 184 Å². The van der Waals surface area contributed by atoms with E-state index in [4.69, 9.17) is 19.0 Å². The smallest absolute Gasteiger partial charge is 0.267 e. The number of carbonyl (C=O) groups excluding carboxylic acids is 1. The number of nitrogens with zero attached hydrogens (tertiary/aromatic N) is 2. The fraction of sp³-hybridized carbons (Fsp3) is 0.333. The van der Waals surface area contributed by atoms with E-state index in [1.54, 1.807) is 7.11 Å². The van der Waals surface area contributed by atoms with Crippen LogP contribution in [0.1, 0.15) is 23.2 Å². The van der Waals surface area contributed by atoms with Crippen LogP contribution in [0.4, 0.5) is 0 Å². The Morgan fingerprint density at radius 1 is 1.22 bits per heavy atom. The van der Waals surface area contributed by atoms with Crippen LogP contribution in [0.25, 0.3) is 10.9 Å². The lowest BCUT2D eigenvalue weighted by molar-refractivity contribution is -0.143. The molecule has 0 bridgehead atoms. The number of amides is 1. The summed E-state index contributed by atoms with van der Waals surface area (Å²) in [6, 6.07) is 11.8. The zero-order valence-electron chi connectivity index (χ0n) is 17.7. The molecule has 164 valence electrons. The van der Waals surface area contributed by atoms with Crippen molar-refractivity contribution in [3.8, 4) is 17.2 Å². The van der Waals surface area contributed by atoms with E-state index >= 15 is 0 Å². The van der Waals surface area contributed by atoms with Crippen molar-refractivity contribution in [3.05, 3.63) is 53.2 Å². The summed E-state index contributed by atoms with van der Waals surface area (Å²) in [5.41, 5.74) is 5.32. The molecule has 0 saturated carbocycles. The Balaban J connectivity index is 1.13. The standard InChI is InChI=1S/C24H23N3O5/c1-29-16-3-4-19-17(11-16)18-12-27(7-6-20(18)25-19)24(28)23-10-15(26-32-23)8-14-2-5-21-22(9-14)31-13-30-21/h2-5,9,11,23,25H,6-8,10,12-13H2,1H3. The van der Waals surface area contributed by atoms with Gasteiger partial charge in [-0.15, -0.1) is 0 Å². The molecule has 0 spiro atoms. The number of ether oxygens (including phenoxy) is 3. The molecular weight excluding hydrogens is 410 g/mol. The van der Waals surface area contributed by atoms with Gasteiger partial charge in [-0.2, -0.15) is 0 Å². The molecule has 0 aliphatic carbocycles. The minimum Gasteiger partial charge on any atom is -0.497 e. The van der Waals surface area contributed by atoms with Gasteiger partial charge in [-0.1, -0.05) is 11.2 Å². The van der Waals surface area contributed by atoms with E-state index in [9.17, 15) is 4.79 Å². The molecule has 1 atom stereocenters. The van der Waals surface area contributed by atoms with Crippen LogP contribution in [0.5, 0.6) is 17.2 Å². The second-order valence-electron chi connectivity index (χ2n) is 8.32. The van der Waals surface area contributed by atoms with Crippen LogP contribution in [-0.4, -0.2) is 48.1 Å². The van der Waals surface area contributed by atoms with Gasteiger partial charge in [0.05, 0.1) is 12.8 Å². The predicted octanol–water partition coefficient (Wildman–Crippen LogP) is 3.18. The van der Waals surface area contributed by atoms with E-state index in [0.717, 1.165) is 51.4 Å². The molecule has 0 fully saturated rings. The number of rotatable bonds is 4. The van der Waals surface area contributed by atoms with Gasteiger partial charge in [0.25, 0.3) is 5.91 Å². The average Bonchev–Trinajstić information content (AvgIpc) is 3.56. The van der Waals surface area contributed by atoms with E-state index in [1.807, 2.05) is 41.3 Å². The fourth-order valence-electron chi connectivity index (χ4n) is 4.66. The van der Waals surface area contributed by atoms with Gasteiger partial charge in [-0.25, -0.2) is 0 Å². The third-order valence-electron chi connectivity index (χ3n) is 6.34. The zero-order chi connectivity index (χ0) is 21.7. The molecule has 3 aliphatic rings. The Morgan fingerprint density at radius 3 is 3.03 bits per heavy atom. The first-order valence-corrected chi connectivity index (χ1v) is 10.7. The summed E-state index contributed by atoms with van der Waals surface area (Å²) in [5, 5.41) is 5.30. The van der Waals surface area contributed by atoms with Crippen molar-refractivity contribution in [1.29, 1.82) is 0 Å². The maximum Gasteiger partial charge on any atom is 0.267 e. The van der Waals surface area contributed by atoms with Gasteiger partial charge in [-0.3, -0.25) is 4.79 Å². The van der Waals surface area contributed by atoms with Crippen molar-refractivity contribution in [1.82, 2.24) is 9.88 Å². The number of nitrogens with one attached hydrogen (secondary N) is 1. The monoisotopic (exact) mass is 433 g/mol. The molecule has 0 saturated heterocycles. The first-order valence-electron chi connectivity index (χ1n) is 10.7. The maximum atomic E-state index is 13.2. The number of hydrogen-bond donors (Lipinski definition) is 1. The number of aromatic nitrogens is 1. The van der Waals surface area contributed by atoms with Crippen LogP contribution in [0, 0.1) is 0 Å². The van der Waals surface area contributed by atoms with Crippen LogP contribution in [0.2, 0.25) is 0 Å². The number of benzene rings is 2. The zero-order valence-corrected chi connectivity index (χ0v) is 17.7. The summed E-state index contributed by atoms with van der Waals surface area (Å²) in [7, 11) is 1.66. The van der Waals surface area contributed by atoms with Gasteiger partial charge in [0, 0.05) is 54.5 Å². The molecule has 6 rings (SSSR count). The molecule has 8 nitrogen and oxygen atoms in total. The highest BCUT2D eigenvalue weighted by molar-refractivity contribution is 5.94. The third-order valence-corrected chi connectivity index (χ3v) is 6.34. The van der Waals surface area contributed by atoms with Gasteiger partial charge in [0.2, 0.25) is 12.9 Å². The summed E-state index contributed by atoms with van der Waals surface area (Å²) in [5.74, 6) is 2.29. The third kappa shape index (κ3) is 3.23. The average molecular weight is 433 g/mol. The summed E-state index contributed by atoms with van der Waals surface area (Å²) in [6.07, 6.45) is 1.33. The van der Waals surface area contributed by atoms with Crippen LogP contribution >= 0.6 is 0 Å². The fourth-order valence-corrected chi connectivity index (χ4v) is 4.66. The number of methoxy groups -OCH3 is 1. The second-order valence-corrected chi connectivity index (χ2v) is 8.32. The van der Waals surface area contributed by atoms with E-state index in [-0.39, 0.29) is 12.7 Å². The Kier molecular flexibility index (Phi) is 4.45. The lowest BCUT2D eigenvalue weighted by Crippen LogP contribution is -2.42. The van der Waals surface area contributed by atoms with Crippen molar-refractivity contribution in [3.63, 3.8) is 0 Å². The molecular formula is C24H23N3O5. The molecule has 1 N–H and O–H groups in total. The summed E-state index contributed by atoms with van der Waals surface area (Å²) in [4.78, 5) is 24.1. The molecule has 8 heteroatoms. The van der Waals surface area contributed by atoms with Crippen LogP contribution < -0.4 is 14.2 Å². The number of oxime groups is 1. The maximum absolute atomic E-state index is 13.2. The Bertz CT molecular complexity index is 1250. The normalized spacial score (nSPS) is 19.0. The highest BCUT2D eigenvalue weighted by Crippen LogP contribution is 2.34. The van der Waals surface area contributed by atoms with Gasteiger partial charge in [0.1, 0.15) is 5.75 Å². The number of aromatic amines is 1. The minimum atomic E-state index is -0.569. The molecule has 1 amide bonds. The quantitative estimate of drug-likeness (QED) is 0.683. The van der Waals surface area contributed by atoms with E-state index in [2.05, 4.69) is 10.1 Å². The number of carbonyl (C=O) groups is 1. The highest BCUT2D eigenvalue weighted by atomic mass is 16.7. The first-order chi connectivity index (χ1) is 15.7. The Morgan fingerprint density at radius 2 is 2.12 bits per heavy atom. The summed E-state index contributed by atoms with van der Waals surface area (Å²) in [6.45, 7) is 1.46. The molecule has 4 heterocycles. The van der Waals surface area contributed by atoms with Crippen LogP contribution in [0.3, 0.4) is 0 Å². The summed E-state index contributed by atoms with van der Waals surface area (Å²) < 4.78 is 16.2. The highest BCUT2D eigenvalue weighted by Gasteiger charge is 2.34. The van der Waals surface area contributed by atoms with Crippen molar-refractivity contribution in [2.45, 2.75) is 31.9 Å². The molecule has 0 radical (unpaired) electrons. The van der Waals surface area contributed by atoms with Crippen molar-refractivity contribution >= 4 is 22.5 Å². The minimum absolute atomic E-state index is 0.0164. The molecule has 3 aromatic rings. The SMILES string of the molecule is COc1ccc2[nH]c3c(c2c1)CN(C(=O)C1CC(Cc2ccc4c(c2)OCO4)=NO1)CC3. The topological polar surface area (TPSA) is 85.4 Å². The molecule has 32 heavy (non-hydrogen) atoms. The van der Waals surface area contributed by atoms with Gasteiger partial charge >= 0.3 is 0 Å². The summed E-state index contributed by atoms with van der Waals surface area (Å²) >= 11 is 0. The van der Waals surface area contributed by atoms with Crippen LogP contribution in [0.15, 0.2) is 41.6 Å². The lowest BCUT2D eigenvalue weighted by Gasteiger charge is -2.28. The first kappa shape index (κ1) is 19.0. The van der Waals surface area contributed by atoms with E-state index in [0.29, 0.717) is 25.9 Å². The lowest BCUT2D eigenvalue weighted by atomic mass is 10.0. The number of hydrogen-bond acceptors (Lipinski definition) is 6. The van der Waals surface area contributed by atoms with Gasteiger partial charge in [-0.05, 0) is 35.9 Å². The molecule has 3 aliphatic heterocycles. The van der Waals surface area contributed by atoms with E-state index < -0.39 is 6.10 Å². The molecule has 1 aromatic heterocycles. The largest absolute Gasteiger partial charge is 0.497 e. The second kappa shape index (κ2) is 7.47. The number of fused-ring (bicyclic) bond motifs is 4. The molecule has 1 unspecified atom stereocenters. The van der Waals surface area contributed by atoms with Crippen molar-refractivity contribution < 1.29 is 23.8 Å². The Hall–Kier alpha value is -3.68. The number of H-pyrrole nitrogens is 1. The van der Waals surface area contributed by atoms with Crippen molar-refractivity contribution in [2.75, 3.05) is 20.4 Å².